The first-order valence-corrected chi connectivity index (χ1v) is 13.1. The second-order valence-corrected chi connectivity index (χ2v) is 10.2. The lowest BCUT2D eigenvalue weighted by molar-refractivity contribution is -0.138. The zero-order chi connectivity index (χ0) is 21.0. The number of rotatable bonds is 20. The first-order chi connectivity index (χ1) is 14.2. The number of nitrogens with one attached hydrogen (secondary N) is 1. The highest BCUT2D eigenvalue weighted by atomic mass is 32.2. The summed E-state index contributed by atoms with van der Waals surface area (Å²) >= 11 is 2.06. The second kappa shape index (κ2) is 19.4. The zero-order valence-corrected chi connectivity index (χ0v) is 18.9. The van der Waals surface area contributed by atoms with Gasteiger partial charge in [-0.2, -0.15) is 22.7 Å². The van der Waals surface area contributed by atoms with Crippen LogP contribution in [0.25, 0.3) is 0 Å². The van der Waals surface area contributed by atoms with Crippen molar-refractivity contribution in [1.29, 1.82) is 0 Å². The minimum Gasteiger partial charge on any atom is -0.481 e. The molecule has 1 saturated heterocycles. The normalized spacial score (nSPS) is 14.3. The number of carboxylic acids is 1. The smallest absolute Gasteiger partial charge is 0.305 e. The van der Waals surface area contributed by atoms with E-state index in [0.717, 1.165) is 12.8 Å². The van der Waals surface area contributed by atoms with Crippen molar-refractivity contribution in [2.75, 3.05) is 81.7 Å². The Morgan fingerprint density at radius 1 is 0.862 bits per heavy atom. The van der Waals surface area contributed by atoms with E-state index in [1.165, 1.54) is 22.3 Å². The van der Waals surface area contributed by atoms with Gasteiger partial charge in [0.25, 0.3) is 0 Å². The molecule has 0 aromatic rings. The topological polar surface area (TPSA) is 103 Å². The van der Waals surface area contributed by atoms with E-state index >= 15 is 0 Å². The van der Waals surface area contributed by atoms with Crippen LogP contribution in [0.15, 0.2) is 0 Å². The number of unbranched alkanes of at least 4 members (excludes halogenated alkanes) is 1. The Balaban J connectivity index is 1.71. The monoisotopic (exact) mass is 454 g/mol. The lowest BCUT2D eigenvalue weighted by Crippen LogP contribution is -2.27. The summed E-state index contributed by atoms with van der Waals surface area (Å²) < 4.78 is 21.2. The van der Waals surface area contributed by atoms with Crippen LogP contribution in [-0.2, 0) is 28.5 Å². The summed E-state index contributed by atoms with van der Waals surface area (Å²) in [7, 11) is 0.609. The van der Waals surface area contributed by atoms with Gasteiger partial charge in [-0.15, -0.1) is 0 Å². The first kappa shape index (κ1) is 26.5. The van der Waals surface area contributed by atoms with Gasteiger partial charge in [0.15, 0.2) is 0 Å². The van der Waals surface area contributed by atoms with Gasteiger partial charge in [0.05, 0.1) is 59.3 Å². The lowest BCUT2D eigenvalue weighted by Gasteiger charge is -2.10. The molecule has 1 fully saturated rings. The fourth-order valence-electron chi connectivity index (χ4n) is 2.44. The second-order valence-electron chi connectivity index (χ2n) is 6.45. The standard InChI is InChI=1S/C19H36NO7S2/c21-18(3-1-2-15-29-16-14-28-17-29)20-5-7-25-9-11-27-13-12-26-10-8-24-6-4-19(22)23/h1-17H2,(H,20,21)(H,22,23). The summed E-state index contributed by atoms with van der Waals surface area (Å²) in [5.74, 6) is 3.21. The highest BCUT2D eigenvalue weighted by Crippen LogP contribution is 2.38. The van der Waals surface area contributed by atoms with Crippen molar-refractivity contribution in [2.24, 2.45) is 0 Å². The van der Waals surface area contributed by atoms with Crippen molar-refractivity contribution in [3.63, 3.8) is 0 Å². The van der Waals surface area contributed by atoms with Crippen molar-refractivity contribution in [2.45, 2.75) is 25.7 Å². The summed E-state index contributed by atoms with van der Waals surface area (Å²) in [5.41, 5.74) is 0. The largest absolute Gasteiger partial charge is 0.481 e. The Labute approximate surface area is 181 Å². The number of carboxylic acid groups (broad SMARTS) is 1. The van der Waals surface area contributed by atoms with Crippen LogP contribution in [0, 0.1) is 0 Å². The fourth-order valence-corrected chi connectivity index (χ4v) is 7.03. The summed E-state index contributed by atoms with van der Waals surface area (Å²) in [4.78, 5) is 22.0. The lowest BCUT2D eigenvalue weighted by atomic mass is 10.2. The molecular weight excluding hydrogens is 418 g/mol. The number of aliphatic carboxylic acids is 1. The molecule has 0 bridgehead atoms. The molecular formula is C19H36NO7S2. The molecule has 0 aliphatic carbocycles. The average molecular weight is 455 g/mol. The van der Waals surface area contributed by atoms with Gasteiger partial charge in [0.2, 0.25) is 5.91 Å². The Morgan fingerprint density at radius 3 is 2.07 bits per heavy atom. The maximum absolute atomic E-state index is 11.7. The number of amides is 1. The van der Waals surface area contributed by atoms with Gasteiger partial charge in [-0.1, -0.05) is 0 Å². The first-order valence-electron chi connectivity index (χ1n) is 10.2. The van der Waals surface area contributed by atoms with Gasteiger partial charge in [-0.05, 0) is 24.3 Å². The predicted octanol–water partition coefficient (Wildman–Crippen LogP) is 1.79. The number of hydrogen-bond donors (Lipinski definition) is 2. The van der Waals surface area contributed by atoms with E-state index in [2.05, 4.69) is 17.1 Å². The molecule has 0 aromatic carbocycles. The van der Waals surface area contributed by atoms with Crippen LogP contribution in [0.3, 0.4) is 0 Å². The van der Waals surface area contributed by atoms with Crippen LogP contribution in [0.2, 0.25) is 0 Å². The molecule has 0 aromatic heterocycles. The van der Waals surface area contributed by atoms with Crippen LogP contribution in [0.5, 0.6) is 0 Å². The molecule has 171 valence electrons. The zero-order valence-electron chi connectivity index (χ0n) is 17.2. The summed E-state index contributed by atoms with van der Waals surface area (Å²) in [6, 6.07) is 0. The maximum atomic E-state index is 11.7. The van der Waals surface area contributed by atoms with Crippen LogP contribution < -0.4 is 5.32 Å². The number of ether oxygens (including phenoxy) is 4. The Bertz CT molecular complexity index is 423. The Morgan fingerprint density at radius 2 is 1.48 bits per heavy atom. The Hall–Kier alpha value is -0.520. The van der Waals surface area contributed by atoms with E-state index in [0.29, 0.717) is 70.1 Å². The van der Waals surface area contributed by atoms with E-state index in [1.54, 1.807) is 0 Å². The SMILES string of the molecule is O=C(O)CCOCCOCCOCCOCCNC(=O)CCCC[S]1CCSC1. The summed E-state index contributed by atoms with van der Waals surface area (Å²) in [5, 5.41) is 12.7. The van der Waals surface area contributed by atoms with E-state index < -0.39 is 5.97 Å². The third kappa shape index (κ3) is 18.0. The molecule has 0 spiro atoms. The maximum Gasteiger partial charge on any atom is 0.305 e. The third-order valence-electron chi connectivity index (χ3n) is 4.00. The van der Waals surface area contributed by atoms with Gasteiger partial charge in [0, 0.05) is 23.8 Å². The van der Waals surface area contributed by atoms with E-state index in [4.69, 9.17) is 24.1 Å². The minimum atomic E-state index is -0.867. The number of thioether (sulfide) groups is 1. The predicted molar refractivity (Wildman–Crippen MR) is 117 cm³/mol. The molecule has 1 aliphatic heterocycles. The molecule has 29 heavy (non-hydrogen) atoms. The molecule has 0 atom stereocenters. The van der Waals surface area contributed by atoms with Crippen LogP contribution in [0.1, 0.15) is 25.7 Å². The highest BCUT2D eigenvalue weighted by molar-refractivity contribution is 8.29. The third-order valence-corrected chi connectivity index (χ3v) is 8.40. The van der Waals surface area contributed by atoms with Gasteiger partial charge in [0.1, 0.15) is 0 Å². The van der Waals surface area contributed by atoms with Gasteiger partial charge in [-0.25, -0.2) is 0 Å². The molecule has 1 rings (SSSR count). The van der Waals surface area contributed by atoms with Crippen LogP contribution >= 0.6 is 22.7 Å². The van der Waals surface area contributed by atoms with Gasteiger partial charge in [-0.3, -0.25) is 9.59 Å². The molecule has 8 nitrogen and oxygen atoms in total. The molecule has 10 heteroatoms. The van der Waals surface area contributed by atoms with Crippen molar-refractivity contribution >= 4 is 34.5 Å². The van der Waals surface area contributed by atoms with E-state index in [-0.39, 0.29) is 18.9 Å². The number of carbonyl (C=O) groups is 2. The average Bonchev–Trinajstić information content (AvgIpc) is 3.21. The molecule has 0 unspecified atom stereocenters. The minimum absolute atomic E-state index is 0.00674. The number of carbonyl (C=O) groups excluding carboxylic acids is 1. The molecule has 1 radical (unpaired) electrons. The quantitative estimate of drug-likeness (QED) is 0.268. The summed E-state index contributed by atoms with van der Waals surface area (Å²) in [6.07, 6.45) is 2.75. The fraction of sp³-hybridized carbons (Fsp3) is 0.895. The summed E-state index contributed by atoms with van der Waals surface area (Å²) in [6.45, 7) is 3.90. The van der Waals surface area contributed by atoms with Crippen molar-refractivity contribution < 1.29 is 33.6 Å². The molecule has 1 heterocycles. The molecule has 1 amide bonds. The van der Waals surface area contributed by atoms with Crippen LogP contribution in [-0.4, -0.2) is 98.7 Å². The van der Waals surface area contributed by atoms with Gasteiger partial charge >= 0.3 is 5.97 Å². The molecule has 0 saturated carbocycles. The Kier molecular flexibility index (Phi) is 17.8. The number of hydrogen-bond acceptors (Lipinski definition) is 7. The van der Waals surface area contributed by atoms with E-state index in [9.17, 15) is 9.59 Å². The van der Waals surface area contributed by atoms with Crippen LogP contribution in [0.4, 0.5) is 0 Å². The highest BCUT2D eigenvalue weighted by Gasteiger charge is 2.12. The van der Waals surface area contributed by atoms with Crippen molar-refractivity contribution in [3.8, 4) is 0 Å². The molecule has 2 N–H and O–H groups in total. The van der Waals surface area contributed by atoms with E-state index in [1.807, 2.05) is 0 Å². The van der Waals surface area contributed by atoms with Crippen molar-refractivity contribution in [1.82, 2.24) is 5.32 Å². The van der Waals surface area contributed by atoms with Gasteiger partial charge < -0.3 is 29.4 Å². The molecule has 1 aliphatic rings. The van der Waals surface area contributed by atoms with Crippen molar-refractivity contribution in [3.05, 3.63) is 0 Å².